The number of fused-ring (bicyclic) bond motifs is 1. The van der Waals surface area contributed by atoms with E-state index in [4.69, 9.17) is 10.5 Å². The lowest BCUT2D eigenvalue weighted by molar-refractivity contribution is 0.413. The molecule has 0 bridgehead atoms. The normalized spacial score (nSPS) is 17.4. The van der Waals surface area contributed by atoms with E-state index >= 15 is 0 Å². The van der Waals surface area contributed by atoms with Crippen molar-refractivity contribution in [3.8, 4) is 5.75 Å². The number of nitrogens with two attached hydrogens (primary N) is 1. The molecule has 0 heterocycles. The van der Waals surface area contributed by atoms with Gasteiger partial charge in [0.15, 0.2) is 5.96 Å². The van der Waals surface area contributed by atoms with Crippen molar-refractivity contribution in [2.75, 3.05) is 20.2 Å². The van der Waals surface area contributed by atoms with Gasteiger partial charge in [0.2, 0.25) is 0 Å². The SMILES string of the molecule is COc1ccc2c(c1)CCCC2CN=C(N)NCCC(C)C.I. The predicted molar refractivity (Wildman–Crippen MR) is 108 cm³/mol. The highest BCUT2D eigenvalue weighted by atomic mass is 127. The summed E-state index contributed by atoms with van der Waals surface area (Å²) < 4.78 is 5.32. The van der Waals surface area contributed by atoms with E-state index in [2.05, 4.69) is 36.3 Å². The molecule has 1 aliphatic rings. The third kappa shape index (κ3) is 6.20. The molecule has 0 fully saturated rings. The van der Waals surface area contributed by atoms with Crippen LogP contribution in [0.5, 0.6) is 5.75 Å². The Bertz CT molecular complexity index is 517. The highest BCUT2D eigenvalue weighted by Crippen LogP contribution is 2.33. The van der Waals surface area contributed by atoms with E-state index in [-0.39, 0.29) is 24.0 Å². The Morgan fingerprint density at radius 3 is 2.91 bits per heavy atom. The van der Waals surface area contributed by atoms with Crippen LogP contribution in [0.3, 0.4) is 0 Å². The summed E-state index contributed by atoms with van der Waals surface area (Å²) >= 11 is 0. The zero-order chi connectivity index (χ0) is 15.9. The van der Waals surface area contributed by atoms with Crippen LogP contribution < -0.4 is 15.8 Å². The molecule has 0 amide bonds. The molecule has 1 atom stereocenters. The van der Waals surface area contributed by atoms with Gasteiger partial charge in [0.25, 0.3) is 0 Å². The molecule has 0 saturated carbocycles. The summed E-state index contributed by atoms with van der Waals surface area (Å²) in [5.74, 6) is 2.67. The first kappa shape index (κ1) is 20.1. The fraction of sp³-hybridized carbons (Fsp3) is 0.611. The molecule has 1 aliphatic carbocycles. The lowest BCUT2D eigenvalue weighted by Gasteiger charge is -2.24. The molecule has 2 rings (SSSR count). The molecule has 1 aromatic carbocycles. The van der Waals surface area contributed by atoms with Gasteiger partial charge < -0.3 is 15.8 Å². The number of nitrogens with zero attached hydrogens (tertiary/aromatic N) is 1. The van der Waals surface area contributed by atoms with Crippen LogP contribution in [0, 0.1) is 5.92 Å². The van der Waals surface area contributed by atoms with Gasteiger partial charge in [-0.2, -0.15) is 0 Å². The van der Waals surface area contributed by atoms with Crippen molar-refractivity contribution in [3.63, 3.8) is 0 Å². The second kappa shape index (κ2) is 10.0. The molecular formula is C18H30IN3O. The first-order chi connectivity index (χ1) is 10.6. The van der Waals surface area contributed by atoms with E-state index in [1.807, 2.05) is 6.07 Å². The summed E-state index contributed by atoms with van der Waals surface area (Å²) in [6.07, 6.45) is 4.64. The standard InChI is InChI=1S/C18H29N3O.HI/c1-13(2)9-10-20-18(19)21-12-15-6-4-5-14-11-16(22-3)7-8-17(14)15;/h7-8,11,13,15H,4-6,9-10,12H2,1-3H3,(H3,19,20,21);1H. The van der Waals surface area contributed by atoms with Gasteiger partial charge in [-0.1, -0.05) is 19.9 Å². The predicted octanol–water partition coefficient (Wildman–Crippen LogP) is 3.68. The minimum Gasteiger partial charge on any atom is -0.497 e. The molecule has 0 radical (unpaired) electrons. The number of nitrogens with one attached hydrogen (secondary N) is 1. The maximum Gasteiger partial charge on any atom is 0.188 e. The van der Waals surface area contributed by atoms with Crippen LogP contribution in [0.15, 0.2) is 23.2 Å². The van der Waals surface area contributed by atoms with Crippen molar-refractivity contribution >= 4 is 29.9 Å². The molecule has 1 unspecified atom stereocenters. The number of hydrogen-bond acceptors (Lipinski definition) is 2. The summed E-state index contributed by atoms with van der Waals surface area (Å²) in [6, 6.07) is 6.40. The molecular weight excluding hydrogens is 401 g/mol. The summed E-state index contributed by atoms with van der Waals surface area (Å²) in [5, 5.41) is 3.20. The summed E-state index contributed by atoms with van der Waals surface area (Å²) in [5.41, 5.74) is 8.77. The molecule has 1 aromatic rings. The Morgan fingerprint density at radius 1 is 1.43 bits per heavy atom. The fourth-order valence-corrected chi connectivity index (χ4v) is 2.96. The van der Waals surface area contributed by atoms with Gasteiger partial charge in [-0.05, 0) is 54.9 Å². The third-order valence-electron chi connectivity index (χ3n) is 4.30. The van der Waals surface area contributed by atoms with Crippen molar-refractivity contribution in [2.45, 2.75) is 45.4 Å². The van der Waals surface area contributed by atoms with Crippen molar-refractivity contribution < 1.29 is 4.74 Å². The minimum absolute atomic E-state index is 0. The van der Waals surface area contributed by atoms with Crippen LogP contribution >= 0.6 is 24.0 Å². The first-order valence-electron chi connectivity index (χ1n) is 8.30. The highest BCUT2D eigenvalue weighted by Gasteiger charge is 2.20. The molecule has 0 spiro atoms. The van der Waals surface area contributed by atoms with Crippen LogP contribution in [0.4, 0.5) is 0 Å². The van der Waals surface area contributed by atoms with Crippen molar-refractivity contribution in [1.29, 1.82) is 0 Å². The quantitative estimate of drug-likeness (QED) is 0.411. The fourth-order valence-electron chi connectivity index (χ4n) is 2.96. The van der Waals surface area contributed by atoms with Crippen LogP contribution in [0.25, 0.3) is 0 Å². The Balaban J connectivity index is 0.00000264. The van der Waals surface area contributed by atoms with Crippen molar-refractivity contribution in [3.05, 3.63) is 29.3 Å². The van der Waals surface area contributed by atoms with Crippen LogP contribution in [-0.2, 0) is 6.42 Å². The lowest BCUT2D eigenvalue weighted by atomic mass is 9.83. The topological polar surface area (TPSA) is 59.6 Å². The Hall–Kier alpha value is -0.980. The van der Waals surface area contributed by atoms with Crippen LogP contribution in [0.1, 0.15) is 50.2 Å². The van der Waals surface area contributed by atoms with E-state index in [9.17, 15) is 0 Å². The zero-order valence-electron chi connectivity index (χ0n) is 14.5. The van der Waals surface area contributed by atoms with E-state index in [0.29, 0.717) is 17.8 Å². The number of aryl methyl sites for hydroxylation is 1. The molecule has 3 N–H and O–H groups in total. The smallest absolute Gasteiger partial charge is 0.188 e. The third-order valence-corrected chi connectivity index (χ3v) is 4.30. The van der Waals surface area contributed by atoms with E-state index in [0.717, 1.165) is 31.7 Å². The van der Waals surface area contributed by atoms with Gasteiger partial charge >= 0.3 is 0 Å². The van der Waals surface area contributed by atoms with Gasteiger partial charge in [-0.25, -0.2) is 0 Å². The summed E-state index contributed by atoms with van der Waals surface area (Å²) in [7, 11) is 1.72. The molecule has 23 heavy (non-hydrogen) atoms. The maximum absolute atomic E-state index is 5.96. The molecule has 130 valence electrons. The number of guanidine groups is 1. The van der Waals surface area contributed by atoms with Gasteiger partial charge in [-0.3, -0.25) is 4.99 Å². The monoisotopic (exact) mass is 431 g/mol. The lowest BCUT2D eigenvalue weighted by Crippen LogP contribution is -2.33. The second-order valence-electron chi connectivity index (χ2n) is 6.49. The van der Waals surface area contributed by atoms with Gasteiger partial charge in [-0.15, -0.1) is 24.0 Å². The van der Waals surface area contributed by atoms with Gasteiger partial charge in [0.05, 0.1) is 7.11 Å². The first-order valence-corrected chi connectivity index (χ1v) is 8.30. The molecule has 0 aromatic heterocycles. The number of hydrogen-bond donors (Lipinski definition) is 2. The average molecular weight is 431 g/mol. The number of aliphatic imine (C=N–C) groups is 1. The van der Waals surface area contributed by atoms with E-state index < -0.39 is 0 Å². The Kier molecular flexibility index (Phi) is 8.73. The number of methoxy groups -OCH3 is 1. The average Bonchev–Trinajstić information content (AvgIpc) is 2.51. The number of ether oxygens (including phenoxy) is 1. The van der Waals surface area contributed by atoms with Crippen molar-refractivity contribution in [1.82, 2.24) is 5.32 Å². The van der Waals surface area contributed by atoms with E-state index in [1.165, 1.54) is 24.0 Å². The van der Waals surface area contributed by atoms with E-state index in [1.54, 1.807) is 7.11 Å². The summed E-state index contributed by atoms with van der Waals surface area (Å²) in [6.45, 7) is 6.08. The van der Waals surface area contributed by atoms with Crippen LogP contribution in [-0.4, -0.2) is 26.2 Å². The number of halogens is 1. The second-order valence-corrected chi connectivity index (χ2v) is 6.49. The minimum atomic E-state index is 0. The Labute approximate surface area is 157 Å². The number of rotatable bonds is 6. The molecule has 5 heteroatoms. The molecule has 4 nitrogen and oxygen atoms in total. The largest absolute Gasteiger partial charge is 0.497 e. The highest BCUT2D eigenvalue weighted by molar-refractivity contribution is 14.0. The summed E-state index contributed by atoms with van der Waals surface area (Å²) in [4.78, 5) is 4.54. The zero-order valence-corrected chi connectivity index (χ0v) is 16.8. The van der Waals surface area contributed by atoms with Gasteiger partial charge in [0.1, 0.15) is 5.75 Å². The van der Waals surface area contributed by atoms with Gasteiger partial charge in [0, 0.05) is 19.0 Å². The maximum atomic E-state index is 5.96. The Morgan fingerprint density at radius 2 is 2.22 bits per heavy atom. The molecule has 0 saturated heterocycles. The number of benzene rings is 1. The van der Waals surface area contributed by atoms with Crippen molar-refractivity contribution in [2.24, 2.45) is 16.6 Å². The molecule has 0 aliphatic heterocycles. The van der Waals surface area contributed by atoms with Crippen LogP contribution in [0.2, 0.25) is 0 Å².